The molecule has 1 aliphatic heterocycles. The fraction of sp³-hybridized carbons (Fsp3) is 0.889. The van der Waals surface area contributed by atoms with Gasteiger partial charge in [0.25, 0.3) is 0 Å². The lowest BCUT2D eigenvalue weighted by molar-refractivity contribution is -0.205. The highest BCUT2D eigenvalue weighted by Gasteiger charge is 2.28. The highest BCUT2D eigenvalue weighted by Crippen LogP contribution is 2.43. The second-order valence-electron chi connectivity index (χ2n) is 9.53. The largest absolute Gasteiger partial charge is 0.778 e. The van der Waals surface area contributed by atoms with Crippen LogP contribution in [0.4, 0.5) is 0 Å². The van der Waals surface area contributed by atoms with Gasteiger partial charge in [-0.1, -0.05) is 41.5 Å². The zero-order valence-corrected chi connectivity index (χ0v) is 18.4. The molecule has 4 N–H and O–H groups in total. The van der Waals surface area contributed by atoms with Crippen LogP contribution in [-0.4, -0.2) is 54.5 Å². The van der Waals surface area contributed by atoms with Crippen LogP contribution in [-0.2, 0) is 13.8 Å². The van der Waals surface area contributed by atoms with Crippen molar-refractivity contribution in [3.05, 3.63) is 12.3 Å². The predicted molar refractivity (Wildman–Crippen MR) is 105 cm³/mol. The van der Waals surface area contributed by atoms with Gasteiger partial charge in [-0.15, -0.1) is 0 Å². The Kier molecular flexibility index (Phi) is 8.95. The van der Waals surface area contributed by atoms with Crippen molar-refractivity contribution in [3.8, 4) is 0 Å². The first kappa shape index (κ1) is 24.6. The monoisotopic (exact) mass is 406 g/mol. The van der Waals surface area contributed by atoms with E-state index in [0.29, 0.717) is 13.1 Å². The second kappa shape index (κ2) is 9.83. The summed E-state index contributed by atoms with van der Waals surface area (Å²) in [7, 11) is -3.97. The van der Waals surface area contributed by atoms with Crippen LogP contribution in [0, 0.1) is 10.8 Å². The molecule has 0 aromatic rings. The summed E-state index contributed by atoms with van der Waals surface area (Å²) in [5.74, 6) is 0. The van der Waals surface area contributed by atoms with Gasteiger partial charge in [-0.05, 0) is 23.3 Å². The lowest BCUT2D eigenvalue weighted by atomic mass is 9.89. The van der Waals surface area contributed by atoms with Crippen LogP contribution in [0.1, 0.15) is 48.0 Å². The summed E-state index contributed by atoms with van der Waals surface area (Å²) in [5, 5.41) is 12.8. The van der Waals surface area contributed by atoms with Crippen molar-refractivity contribution in [2.24, 2.45) is 16.6 Å². The van der Waals surface area contributed by atoms with E-state index < -0.39 is 19.9 Å². The van der Waals surface area contributed by atoms with Crippen LogP contribution < -0.4 is 15.9 Å². The van der Waals surface area contributed by atoms with E-state index in [1.807, 2.05) is 41.5 Å². The highest BCUT2D eigenvalue weighted by atomic mass is 31.2. The van der Waals surface area contributed by atoms with Gasteiger partial charge in [0.15, 0.2) is 6.23 Å². The molecule has 1 aliphatic rings. The van der Waals surface area contributed by atoms with Gasteiger partial charge < -0.3 is 34.5 Å². The zero-order valence-electron chi connectivity index (χ0n) is 17.5. The highest BCUT2D eigenvalue weighted by molar-refractivity contribution is 7.51. The first-order valence-corrected chi connectivity index (χ1v) is 11.1. The Bertz CT molecular complexity index is 530. The van der Waals surface area contributed by atoms with E-state index in [4.69, 9.17) is 15.0 Å². The van der Waals surface area contributed by atoms with Crippen molar-refractivity contribution < 1.29 is 23.8 Å². The van der Waals surface area contributed by atoms with Gasteiger partial charge in [0.05, 0.1) is 32.2 Å². The number of ether oxygens (including phenoxy) is 1. The van der Waals surface area contributed by atoms with Crippen molar-refractivity contribution in [2.75, 3.05) is 26.0 Å². The molecule has 8 nitrogen and oxygen atoms in total. The molecule has 0 aromatic heterocycles. The lowest BCUT2D eigenvalue weighted by Crippen LogP contribution is -2.51. The van der Waals surface area contributed by atoms with E-state index >= 15 is 0 Å². The van der Waals surface area contributed by atoms with Gasteiger partial charge in [-0.3, -0.25) is 5.32 Å². The van der Waals surface area contributed by atoms with Gasteiger partial charge in [0.1, 0.15) is 7.60 Å². The maximum atomic E-state index is 12.3. The fourth-order valence-corrected chi connectivity index (χ4v) is 4.48. The summed E-state index contributed by atoms with van der Waals surface area (Å²) < 4.78 is 23.6. The molecule has 2 unspecified atom stereocenters. The third-order valence-electron chi connectivity index (χ3n) is 3.84. The van der Waals surface area contributed by atoms with Crippen LogP contribution in [0.25, 0.3) is 0 Å². The molecule has 0 radical (unpaired) electrons. The van der Waals surface area contributed by atoms with Crippen LogP contribution in [0.2, 0.25) is 0 Å². The van der Waals surface area contributed by atoms with Crippen LogP contribution in [0.15, 0.2) is 12.3 Å². The van der Waals surface area contributed by atoms with Crippen molar-refractivity contribution >= 4 is 7.60 Å². The molecule has 0 amide bonds. The Morgan fingerprint density at radius 1 is 1.33 bits per heavy atom. The minimum Gasteiger partial charge on any atom is -0.778 e. The van der Waals surface area contributed by atoms with E-state index in [1.54, 1.807) is 17.2 Å². The van der Waals surface area contributed by atoms with Crippen LogP contribution in [0.5, 0.6) is 0 Å². The van der Waals surface area contributed by atoms with E-state index in [-0.39, 0.29) is 36.4 Å². The number of nitrogens with two attached hydrogens (primary N) is 1. The molecule has 1 rings (SSSR count). The minimum atomic E-state index is -3.97. The number of aliphatic hydroxyl groups excluding tert-OH is 1. The molecular weight excluding hydrogens is 369 g/mol. The van der Waals surface area contributed by atoms with Crippen LogP contribution in [0.3, 0.4) is 0 Å². The predicted octanol–water partition coefficient (Wildman–Crippen LogP) is 1.40. The molecular formula is C18H37N3O5P-. The number of hydrogen-bond acceptors (Lipinski definition) is 8. The average molecular weight is 406 g/mol. The standard InChI is InChI=1S/C18H38N3O5P/c1-17(2,3)9-14(11-25-27(23,24)12-18(4,5)6)26-16(10-22)21-8-7-15(19)20-13-21/h7-8,14-16,20,22H,9-13,19H2,1-6H3,(H,23,24)/p-1/t14-,15?,16-/m1/s1. The molecule has 160 valence electrons. The zero-order chi connectivity index (χ0) is 20.9. The number of rotatable bonds is 9. The quantitative estimate of drug-likeness (QED) is 0.492. The molecule has 0 bridgehead atoms. The Labute approximate surface area is 163 Å². The third-order valence-corrected chi connectivity index (χ3v) is 5.71. The summed E-state index contributed by atoms with van der Waals surface area (Å²) in [4.78, 5) is 14.0. The summed E-state index contributed by atoms with van der Waals surface area (Å²) in [6, 6.07) is 0. The molecule has 0 saturated heterocycles. The Balaban J connectivity index is 2.78. The van der Waals surface area contributed by atoms with Gasteiger partial charge in [-0.25, -0.2) is 0 Å². The molecule has 0 spiro atoms. The number of nitrogens with one attached hydrogen (secondary N) is 1. The third kappa shape index (κ3) is 10.6. The SMILES string of the molecule is CC(C)(C)C[C@H](COP(=O)([O-])CC(C)(C)C)O[C@H](CO)N1C=CC(N)NC1. The van der Waals surface area contributed by atoms with Crippen molar-refractivity contribution in [3.63, 3.8) is 0 Å². The summed E-state index contributed by atoms with van der Waals surface area (Å²) in [5.41, 5.74) is 5.28. The lowest BCUT2D eigenvalue weighted by Gasteiger charge is -2.38. The van der Waals surface area contributed by atoms with Gasteiger partial charge in [0.2, 0.25) is 0 Å². The first-order chi connectivity index (χ1) is 12.2. The first-order valence-electron chi connectivity index (χ1n) is 9.35. The van der Waals surface area contributed by atoms with Crippen molar-refractivity contribution in [1.29, 1.82) is 0 Å². The molecule has 4 atom stereocenters. The number of nitrogens with zero attached hydrogens (tertiary/aromatic N) is 1. The summed E-state index contributed by atoms with van der Waals surface area (Å²) in [6.07, 6.45) is 2.75. The summed E-state index contributed by atoms with van der Waals surface area (Å²) >= 11 is 0. The number of aliphatic hydroxyl groups is 1. The van der Waals surface area contributed by atoms with Crippen molar-refractivity contribution in [1.82, 2.24) is 10.2 Å². The number of hydrogen-bond donors (Lipinski definition) is 3. The molecule has 0 saturated carbocycles. The maximum absolute atomic E-state index is 12.3. The summed E-state index contributed by atoms with van der Waals surface area (Å²) in [6.45, 7) is 11.8. The van der Waals surface area contributed by atoms with Crippen LogP contribution >= 0.6 is 7.60 Å². The smallest absolute Gasteiger partial charge is 0.154 e. The molecule has 0 fully saturated rings. The maximum Gasteiger partial charge on any atom is 0.154 e. The van der Waals surface area contributed by atoms with E-state index in [0.717, 1.165) is 0 Å². The van der Waals surface area contributed by atoms with E-state index in [9.17, 15) is 14.6 Å². The second-order valence-corrected chi connectivity index (χ2v) is 11.3. The topological polar surface area (TPSA) is 120 Å². The normalized spacial score (nSPS) is 23.1. The van der Waals surface area contributed by atoms with E-state index in [1.165, 1.54) is 0 Å². The van der Waals surface area contributed by atoms with Gasteiger partial charge in [-0.2, -0.15) is 0 Å². The Morgan fingerprint density at radius 3 is 2.41 bits per heavy atom. The molecule has 0 aliphatic carbocycles. The molecule has 0 aromatic carbocycles. The fourth-order valence-electron chi connectivity index (χ4n) is 2.83. The molecule has 9 heteroatoms. The Morgan fingerprint density at radius 2 is 1.96 bits per heavy atom. The molecule has 1 heterocycles. The van der Waals surface area contributed by atoms with Gasteiger partial charge in [0, 0.05) is 12.4 Å². The minimum absolute atomic E-state index is 0.0393. The van der Waals surface area contributed by atoms with Crippen molar-refractivity contribution in [2.45, 2.75) is 66.5 Å². The Hall–Kier alpha value is -0.470. The molecule has 27 heavy (non-hydrogen) atoms. The van der Waals surface area contributed by atoms with E-state index in [2.05, 4.69) is 5.32 Å². The average Bonchev–Trinajstić information content (AvgIpc) is 2.47. The van der Waals surface area contributed by atoms with Gasteiger partial charge >= 0.3 is 0 Å².